The molecule has 1 amide bonds. The van der Waals surface area contributed by atoms with Crippen molar-refractivity contribution < 1.29 is 23.5 Å². The molecule has 0 aliphatic heterocycles. The van der Waals surface area contributed by atoms with Gasteiger partial charge in [0.05, 0.1) is 6.61 Å². The number of aldehydes is 1. The molecule has 170 valence electrons. The minimum atomic E-state index is -1.13. The molecule has 2 rings (SSSR count). The molecule has 0 aromatic heterocycles. The Morgan fingerprint density at radius 1 is 1.16 bits per heavy atom. The average molecular weight is 441 g/mol. The van der Waals surface area contributed by atoms with E-state index in [0.717, 1.165) is 5.56 Å². The van der Waals surface area contributed by atoms with Crippen molar-refractivity contribution >= 4 is 23.7 Å². The summed E-state index contributed by atoms with van der Waals surface area (Å²) in [5.41, 5.74) is 1.63. The molecular formula is C25H29FN2O4. The molecular weight excluding hydrogens is 411 g/mol. The number of benzene rings is 2. The van der Waals surface area contributed by atoms with Gasteiger partial charge in [0.2, 0.25) is 11.7 Å². The maximum absolute atomic E-state index is 14.5. The first-order valence-corrected chi connectivity index (χ1v) is 10.5. The number of methoxy groups -OCH3 is 1. The van der Waals surface area contributed by atoms with Crippen LogP contribution in [0.5, 0.6) is 0 Å². The van der Waals surface area contributed by atoms with E-state index in [2.05, 4.69) is 5.32 Å². The lowest BCUT2D eigenvalue weighted by atomic mass is 9.93. The smallest absolute Gasteiger partial charge is 0.221 e. The molecule has 0 saturated carbocycles. The molecule has 0 aliphatic rings. The summed E-state index contributed by atoms with van der Waals surface area (Å²) in [5.74, 6) is -1.35. The van der Waals surface area contributed by atoms with E-state index >= 15 is 0 Å². The number of rotatable bonds is 12. The number of Topliss-reactive ketones (excluding diaryl/α,β-unsaturated/α-hetero) is 1. The van der Waals surface area contributed by atoms with Crippen LogP contribution in [0.2, 0.25) is 0 Å². The van der Waals surface area contributed by atoms with Crippen LogP contribution < -0.4 is 5.32 Å². The van der Waals surface area contributed by atoms with Crippen LogP contribution in [0.1, 0.15) is 55.0 Å². The Morgan fingerprint density at radius 3 is 2.41 bits per heavy atom. The quantitative estimate of drug-likeness (QED) is 0.386. The maximum Gasteiger partial charge on any atom is 0.221 e. The van der Waals surface area contributed by atoms with Gasteiger partial charge in [0.15, 0.2) is 0 Å². The van der Waals surface area contributed by atoms with E-state index in [1.165, 1.54) is 6.07 Å². The minimum absolute atomic E-state index is 0.0273. The third-order valence-corrected chi connectivity index (χ3v) is 4.90. The number of carbonyl (C=O) groups is 3. The molecule has 0 aliphatic carbocycles. The van der Waals surface area contributed by atoms with Crippen LogP contribution >= 0.6 is 0 Å². The number of hydrogen-bond acceptors (Lipinski definition) is 5. The normalized spacial score (nSPS) is 11.8. The predicted octanol–water partition coefficient (Wildman–Crippen LogP) is 3.94. The highest BCUT2D eigenvalue weighted by molar-refractivity contribution is 6.46. The number of ketones is 1. The summed E-state index contributed by atoms with van der Waals surface area (Å²) >= 11 is 0. The predicted molar refractivity (Wildman–Crippen MR) is 120 cm³/mol. The van der Waals surface area contributed by atoms with Crippen LogP contribution in [0.3, 0.4) is 0 Å². The van der Waals surface area contributed by atoms with Gasteiger partial charge in [-0.25, -0.2) is 4.39 Å². The van der Waals surface area contributed by atoms with E-state index in [-0.39, 0.29) is 24.3 Å². The first-order valence-electron chi connectivity index (χ1n) is 10.5. The van der Waals surface area contributed by atoms with Gasteiger partial charge in [-0.15, -0.1) is 0 Å². The topological polar surface area (TPSA) is 96.3 Å². The molecule has 0 spiro atoms. The molecule has 0 radical (unpaired) electrons. The Balaban J connectivity index is 2.31. The first-order chi connectivity index (χ1) is 15.3. The summed E-state index contributed by atoms with van der Waals surface area (Å²) in [5, 5.41) is 11.0. The number of hydrogen-bond donors (Lipinski definition) is 2. The molecule has 2 aromatic carbocycles. The summed E-state index contributed by atoms with van der Waals surface area (Å²) in [6, 6.07) is 10.1. The van der Waals surface area contributed by atoms with Crippen LogP contribution in [0.25, 0.3) is 0 Å². The Bertz CT molecular complexity index is 970. The van der Waals surface area contributed by atoms with E-state index in [4.69, 9.17) is 10.1 Å². The maximum atomic E-state index is 14.5. The largest absolute Gasteiger partial charge is 0.380 e. The number of ether oxygens (including phenoxy) is 1. The highest BCUT2D eigenvalue weighted by Gasteiger charge is 2.27. The minimum Gasteiger partial charge on any atom is -0.380 e. The second-order valence-electron chi connectivity index (χ2n) is 8.02. The molecule has 0 heterocycles. The number of carbonyl (C=O) groups excluding carboxylic acids is 3. The molecule has 2 N–H and O–H groups in total. The molecule has 1 atom stereocenters. The Kier molecular flexibility index (Phi) is 9.40. The van der Waals surface area contributed by atoms with Gasteiger partial charge in [0.25, 0.3) is 0 Å². The standard InChI is InChI=1S/C25H29FN2O4/c1-16(2)13-19-10-11-20(14-21(19)26)23(27)25(31)24(28-22(30)5-4-12-29)18-8-6-17(7-9-18)15-32-3/h6-12,14,16,24,27H,4-5,13,15H2,1-3H3,(H,28,30)/t24-/m1/s1. The van der Waals surface area contributed by atoms with Gasteiger partial charge in [-0.3, -0.25) is 15.0 Å². The van der Waals surface area contributed by atoms with Crippen molar-refractivity contribution in [3.05, 3.63) is 70.5 Å². The molecule has 0 saturated heterocycles. The van der Waals surface area contributed by atoms with Crippen molar-refractivity contribution in [1.29, 1.82) is 5.41 Å². The average Bonchev–Trinajstić information content (AvgIpc) is 2.77. The van der Waals surface area contributed by atoms with Crippen LogP contribution in [-0.2, 0) is 32.1 Å². The second-order valence-corrected chi connectivity index (χ2v) is 8.02. The number of halogens is 1. The van der Waals surface area contributed by atoms with Gasteiger partial charge in [0, 0.05) is 25.5 Å². The van der Waals surface area contributed by atoms with Crippen LogP contribution in [0.4, 0.5) is 4.39 Å². The Morgan fingerprint density at radius 2 is 1.84 bits per heavy atom. The molecule has 6 nitrogen and oxygen atoms in total. The molecule has 2 aromatic rings. The summed E-state index contributed by atoms with van der Waals surface area (Å²) < 4.78 is 19.6. The van der Waals surface area contributed by atoms with Gasteiger partial charge >= 0.3 is 0 Å². The van der Waals surface area contributed by atoms with Gasteiger partial charge in [-0.05, 0) is 35.1 Å². The third kappa shape index (κ3) is 6.92. The molecule has 0 bridgehead atoms. The highest BCUT2D eigenvalue weighted by Crippen LogP contribution is 2.21. The SMILES string of the molecule is COCc1ccc([C@@H](NC(=O)CCC=O)C(=O)C(=N)c2ccc(CC(C)C)c(F)c2)cc1. The van der Waals surface area contributed by atoms with Crippen LogP contribution in [0.15, 0.2) is 42.5 Å². The zero-order chi connectivity index (χ0) is 23.7. The van der Waals surface area contributed by atoms with Crippen LogP contribution in [0, 0.1) is 17.1 Å². The summed E-state index contributed by atoms with van der Waals surface area (Å²) in [6.45, 7) is 4.35. The van der Waals surface area contributed by atoms with Crippen molar-refractivity contribution in [2.45, 2.75) is 45.8 Å². The fourth-order valence-corrected chi connectivity index (χ4v) is 3.29. The highest BCUT2D eigenvalue weighted by atomic mass is 19.1. The first kappa shape index (κ1) is 25.1. The summed E-state index contributed by atoms with van der Waals surface area (Å²) in [6.07, 6.45) is 1.14. The van der Waals surface area contributed by atoms with Gasteiger partial charge in [-0.2, -0.15) is 0 Å². The summed E-state index contributed by atoms with van der Waals surface area (Å²) in [7, 11) is 1.57. The Hall–Kier alpha value is -3.19. The van der Waals surface area contributed by atoms with Gasteiger partial charge < -0.3 is 14.8 Å². The molecule has 0 fully saturated rings. The molecule has 7 heteroatoms. The van der Waals surface area contributed by atoms with Crippen molar-refractivity contribution in [3.8, 4) is 0 Å². The zero-order valence-corrected chi connectivity index (χ0v) is 18.6. The van der Waals surface area contributed by atoms with E-state index < -0.39 is 29.3 Å². The van der Waals surface area contributed by atoms with Crippen molar-refractivity contribution in [2.24, 2.45) is 5.92 Å². The lowest BCUT2D eigenvalue weighted by molar-refractivity contribution is -0.126. The fourth-order valence-electron chi connectivity index (χ4n) is 3.29. The summed E-state index contributed by atoms with van der Waals surface area (Å²) in [4.78, 5) is 36.0. The van der Waals surface area contributed by atoms with Crippen molar-refractivity contribution in [1.82, 2.24) is 5.32 Å². The lowest BCUT2D eigenvalue weighted by Crippen LogP contribution is -2.37. The second kappa shape index (κ2) is 12.0. The Labute approximate surface area is 187 Å². The molecule has 0 unspecified atom stereocenters. The van der Waals surface area contributed by atoms with E-state index in [9.17, 15) is 18.8 Å². The fraction of sp³-hybridized carbons (Fsp3) is 0.360. The van der Waals surface area contributed by atoms with E-state index in [0.29, 0.717) is 30.4 Å². The van der Waals surface area contributed by atoms with Crippen molar-refractivity contribution in [2.75, 3.05) is 7.11 Å². The van der Waals surface area contributed by atoms with Crippen molar-refractivity contribution in [3.63, 3.8) is 0 Å². The van der Waals surface area contributed by atoms with E-state index in [1.54, 1.807) is 43.5 Å². The zero-order valence-electron chi connectivity index (χ0n) is 18.6. The lowest BCUT2D eigenvalue weighted by Gasteiger charge is -2.19. The third-order valence-electron chi connectivity index (χ3n) is 4.90. The van der Waals surface area contributed by atoms with Crippen LogP contribution in [-0.4, -0.2) is 30.8 Å². The number of nitrogens with one attached hydrogen (secondary N) is 2. The monoisotopic (exact) mass is 440 g/mol. The van der Waals surface area contributed by atoms with E-state index in [1.807, 2.05) is 13.8 Å². The molecule has 32 heavy (non-hydrogen) atoms. The van der Waals surface area contributed by atoms with Gasteiger partial charge in [0.1, 0.15) is 23.9 Å². The number of amides is 1. The van der Waals surface area contributed by atoms with Gasteiger partial charge in [-0.1, -0.05) is 50.2 Å².